The minimum absolute atomic E-state index is 0.0546. The summed E-state index contributed by atoms with van der Waals surface area (Å²) in [4.78, 5) is 44.0. The maximum absolute atomic E-state index is 13.0. The fraction of sp³-hybridized carbons (Fsp3) is 0.500. The van der Waals surface area contributed by atoms with Crippen molar-refractivity contribution >= 4 is 34.7 Å². The highest BCUT2D eigenvalue weighted by atomic mass is 32.1. The summed E-state index contributed by atoms with van der Waals surface area (Å²) in [6, 6.07) is 5.36. The lowest BCUT2D eigenvalue weighted by Gasteiger charge is -2.38. The molecule has 0 radical (unpaired) electrons. The maximum Gasteiger partial charge on any atom is 0.286 e. The molecule has 2 aliphatic rings. The fourth-order valence-corrected chi connectivity index (χ4v) is 4.83. The zero-order valence-electron chi connectivity index (χ0n) is 18.5. The van der Waals surface area contributed by atoms with E-state index < -0.39 is 11.7 Å². The average molecular weight is 475 g/mol. The van der Waals surface area contributed by atoms with Gasteiger partial charge in [-0.1, -0.05) is 18.3 Å². The summed E-state index contributed by atoms with van der Waals surface area (Å²) in [5.74, 6) is -1.06. The SMILES string of the molecule is CCN1CCN(C(=O)C2CCN(C(=O)c3nnc(C(=O)Nc4ccc(F)cc4)s3)CC2)CC1. The van der Waals surface area contributed by atoms with Crippen LogP contribution in [-0.4, -0.2) is 88.4 Å². The molecular formula is C22H27FN6O3S. The molecule has 3 heterocycles. The fourth-order valence-electron chi connectivity index (χ4n) is 4.13. The first-order valence-electron chi connectivity index (χ1n) is 11.2. The minimum atomic E-state index is -0.509. The molecule has 33 heavy (non-hydrogen) atoms. The largest absolute Gasteiger partial charge is 0.340 e. The second kappa shape index (κ2) is 10.3. The Labute approximate surface area is 195 Å². The van der Waals surface area contributed by atoms with Gasteiger partial charge in [0.05, 0.1) is 0 Å². The number of hydrogen-bond donors (Lipinski definition) is 1. The Bertz CT molecular complexity index is 998. The van der Waals surface area contributed by atoms with Crippen molar-refractivity contribution in [2.24, 2.45) is 5.92 Å². The van der Waals surface area contributed by atoms with Crippen LogP contribution in [0.2, 0.25) is 0 Å². The van der Waals surface area contributed by atoms with Gasteiger partial charge in [-0.3, -0.25) is 14.4 Å². The molecule has 2 aliphatic heterocycles. The number of hydrogen-bond acceptors (Lipinski definition) is 7. The Morgan fingerprint density at radius 3 is 2.24 bits per heavy atom. The van der Waals surface area contributed by atoms with Crippen molar-refractivity contribution in [3.63, 3.8) is 0 Å². The number of halogens is 1. The second-order valence-electron chi connectivity index (χ2n) is 8.20. The standard InChI is InChI=1S/C22H27FN6O3S/c1-2-27-11-13-29(14-12-27)21(31)15-7-9-28(10-8-15)22(32)20-26-25-19(33-20)18(30)24-17-5-3-16(23)4-6-17/h3-6,15H,2,7-14H2,1H3,(H,24,30). The number of carbonyl (C=O) groups is 3. The number of aromatic nitrogens is 2. The van der Waals surface area contributed by atoms with Gasteiger partial charge in [0.25, 0.3) is 11.8 Å². The van der Waals surface area contributed by atoms with Crippen LogP contribution in [0.1, 0.15) is 39.4 Å². The van der Waals surface area contributed by atoms with E-state index in [-0.39, 0.29) is 27.7 Å². The van der Waals surface area contributed by atoms with E-state index in [1.807, 2.05) is 4.90 Å². The monoisotopic (exact) mass is 474 g/mol. The highest BCUT2D eigenvalue weighted by Crippen LogP contribution is 2.23. The third kappa shape index (κ3) is 5.53. The zero-order chi connectivity index (χ0) is 23.4. The predicted molar refractivity (Wildman–Crippen MR) is 122 cm³/mol. The molecule has 1 aromatic heterocycles. The Kier molecular flexibility index (Phi) is 7.29. The van der Waals surface area contributed by atoms with Crippen LogP contribution in [0, 0.1) is 11.7 Å². The van der Waals surface area contributed by atoms with Crippen molar-refractivity contribution in [1.29, 1.82) is 0 Å². The number of anilines is 1. The molecule has 3 amide bonds. The summed E-state index contributed by atoms with van der Waals surface area (Å²) in [5, 5.41) is 10.5. The van der Waals surface area contributed by atoms with Crippen LogP contribution in [0.5, 0.6) is 0 Å². The minimum Gasteiger partial charge on any atom is -0.340 e. The molecule has 0 unspecified atom stereocenters. The summed E-state index contributed by atoms with van der Waals surface area (Å²) >= 11 is 0.918. The van der Waals surface area contributed by atoms with Gasteiger partial charge in [0.1, 0.15) is 5.82 Å². The van der Waals surface area contributed by atoms with Gasteiger partial charge in [-0.15, -0.1) is 10.2 Å². The molecule has 0 bridgehead atoms. The van der Waals surface area contributed by atoms with Gasteiger partial charge >= 0.3 is 0 Å². The van der Waals surface area contributed by atoms with Crippen molar-refractivity contribution in [3.8, 4) is 0 Å². The Hall–Kier alpha value is -2.92. The molecule has 2 fully saturated rings. The summed E-state index contributed by atoms with van der Waals surface area (Å²) in [7, 11) is 0. The van der Waals surface area contributed by atoms with Crippen LogP contribution >= 0.6 is 11.3 Å². The van der Waals surface area contributed by atoms with E-state index >= 15 is 0 Å². The van der Waals surface area contributed by atoms with Crippen molar-refractivity contribution in [2.45, 2.75) is 19.8 Å². The van der Waals surface area contributed by atoms with Gasteiger partial charge in [-0.25, -0.2) is 4.39 Å². The Balaban J connectivity index is 1.28. The Morgan fingerprint density at radius 1 is 0.970 bits per heavy atom. The van der Waals surface area contributed by atoms with Gasteiger partial charge in [0.2, 0.25) is 15.9 Å². The number of likely N-dealkylation sites (tertiary alicyclic amines) is 1. The quantitative estimate of drug-likeness (QED) is 0.711. The van der Waals surface area contributed by atoms with Gasteiger partial charge in [-0.05, 0) is 43.7 Å². The van der Waals surface area contributed by atoms with Crippen LogP contribution in [0.15, 0.2) is 24.3 Å². The molecule has 0 spiro atoms. The number of rotatable bonds is 5. The molecular weight excluding hydrogens is 447 g/mol. The van der Waals surface area contributed by atoms with Crippen LogP contribution in [0.25, 0.3) is 0 Å². The number of benzene rings is 1. The topological polar surface area (TPSA) is 98.7 Å². The number of likely N-dealkylation sites (N-methyl/N-ethyl adjacent to an activating group) is 1. The van der Waals surface area contributed by atoms with E-state index in [2.05, 4.69) is 27.3 Å². The van der Waals surface area contributed by atoms with E-state index in [9.17, 15) is 18.8 Å². The molecule has 1 aromatic carbocycles. The van der Waals surface area contributed by atoms with E-state index in [1.54, 1.807) is 4.90 Å². The summed E-state index contributed by atoms with van der Waals surface area (Å²) < 4.78 is 13.0. The van der Waals surface area contributed by atoms with Crippen molar-refractivity contribution in [3.05, 3.63) is 40.1 Å². The molecule has 9 nitrogen and oxygen atoms in total. The van der Waals surface area contributed by atoms with Crippen molar-refractivity contribution in [1.82, 2.24) is 24.9 Å². The number of amides is 3. The van der Waals surface area contributed by atoms with Crippen molar-refractivity contribution in [2.75, 3.05) is 51.1 Å². The molecule has 176 valence electrons. The van der Waals surface area contributed by atoms with Gasteiger partial charge in [0, 0.05) is 50.9 Å². The lowest BCUT2D eigenvalue weighted by atomic mass is 9.95. The first-order chi connectivity index (χ1) is 15.9. The van der Waals surface area contributed by atoms with Crippen LogP contribution < -0.4 is 5.32 Å². The molecule has 11 heteroatoms. The van der Waals surface area contributed by atoms with Crippen LogP contribution in [0.3, 0.4) is 0 Å². The average Bonchev–Trinajstić information content (AvgIpc) is 3.35. The summed E-state index contributed by atoms with van der Waals surface area (Å²) in [5.41, 5.74) is 0.423. The predicted octanol–water partition coefficient (Wildman–Crippen LogP) is 1.95. The van der Waals surface area contributed by atoms with E-state index in [0.29, 0.717) is 31.6 Å². The molecule has 1 N–H and O–H groups in total. The highest BCUT2D eigenvalue weighted by Gasteiger charge is 2.32. The molecule has 0 saturated carbocycles. The van der Waals surface area contributed by atoms with Gasteiger partial charge in [0.15, 0.2) is 0 Å². The number of carbonyl (C=O) groups excluding carboxylic acids is 3. The Morgan fingerprint density at radius 2 is 1.61 bits per heavy atom. The third-order valence-corrected chi connectivity index (χ3v) is 7.08. The second-order valence-corrected chi connectivity index (χ2v) is 9.18. The van der Waals surface area contributed by atoms with E-state index in [4.69, 9.17) is 0 Å². The van der Waals surface area contributed by atoms with Gasteiger partial charge < -0.3 is 20.0 Å². The first kappa shape index (κ1) is 23.2. The van der Waals surface area contributed by atoms with Crippen molar-refractivity contribution < 1.29 is 18.8 Å². The number of piperidine rings is 1. The van der Waals surface area contributed by atoms with E-state index in [1.165, 1.54) is 24.3 Å². The normalized spacial score (nSPS) is 17.8. The lowest BCUT2D eigenvalue weighted by molar-refractivity contribution is -0.138. The molecule has 4 rings (SSSR count). The van der Waals surface area contributed by atoms with Crippen LogP contribution in [-0.2, 0) is 4.79 Å². The highest BCUT2D eigenvalue weighted by molar-refractivity contribution is 7.15. The van der Waals surface area contributed by atoms with Gasteiger partial charge in [-0.2, -0.15) is 0 Å². The molecule has 0 aliphatic carbocycles. The molecule has 2 aromatic rings. The first-order valence-corrected chi connectivity index (χ1v) is 12.0. The lowest BCUT2D eigenvalue weighted by Crippen LogP contribution is -2.51. The summed E-state index contributed by atoms with van der Waals surface area (Å²) in [6.45, 7) is 7.43. The molecule has 0 atom stereocenters. The van der Waals surface area contributed by atoms with E-state index in [0.717, 1.165) is 44.1 Å². The third-order valence-electron chi connectivity index (χ3n) is 6.17. The summed E-state index contributed by atoms with van der Waals surface area (Å²) in [6.07, 6.45) is 1.24. The zero-order valence-corrected chi connectivity index (χ0v) is 19.3. The number of piperazine rings is 1. The number of nitrogens with zero attached hydrogens (tertiary/aromatic N) is 5. The molecule has 2 saturated heterocycles. The number of nitrogens with one attached hydrogen (secondary N) is 1. The smallest absolute Gasteiger partial charge is 0.286 e. The maximum atomic E-state index is 13.0. The van der Waals surface area contributed by atoms with Crippen LogP contribution in [0.4, 0.5) is 10.1 Å².